The van der Waals surface area contributed by atoms with Crippen LogP contribution in [0.25, 0.3) is 0 Å². The maximum absolute atomic E-state index is 8.73. The third kappa shape index (κ3) is 6.40. The van der Waals surface area contributed by atoms with Crippen LogP contribution in [0.1, 0.15) is 31.4 Å². The van der Waals surface area contributed by atoms with E-state index in [-0.39, 0.29) is 12.7 Å². The van der Waals surface area contributed by atoms with Crippen molar-refractivity contribution in [2.75, 3.05) is 19.8 Å². The molecule has 0 heterocycles. The van der Waals surface area contributed by atoms with Crippen molar-refractivity contribution in [1.82, 2.24) is 0 Å². The van der Waals surface area contributed by atoms with Crippen LogP contribution in [0.2, 0.25) is 0 Å². The minimum Gasteiger partial charge on any atom is -0.395 e. The Labute approximate surface area is 115 Å². The van der Waals surface area contributed by atoms with Crippen molar-refractivity contribution in [2.24, 2.45) is 0 Å². The average molecular weight is 262 g/mol. The second kappa shape index (κ2) is 9.57. The van der Waals surface area contributed by atoms with Crippen molar-refractivity contribution in [1.29, 1.82) is 0 Å². The van der Waals surface area contributed by atoms with Crippen LogP contribution in [0.4, 0.5) is 0 Å². The highest BCUT2D eigenvalue weighted by molar-refractivity contribution is 5.40. The molecule has 3 heteroatoms. The molecule has 104 valence electrons. The fourth-order valence-electron chi connectivity index (χ4n) is 1.55. The zero-order chi connectivity index (χ0) is 13.9. The van der Waals surface area contributed by atoms with Gasteiger partial charge in [-0.05, 0) is 25.5 Å². The van der Waals surface area contributed by atoms with Crippen LogP contribution in [0, 0.1) is 11.8 Å². The summed E-state index contributed by atoms with van der Waals surface area (Å²) < 4.78 is 11.0. The summed E-state index contributed by atoms with van der Waals surface area (Å²) in [5, 5.41) is 8.73. The van der Waals surface area contributed by atoms with Gasteiger partial charge in [-0.1, -0.05) is 30.0 Å². The smallest absolute Gasteiger partial charge is 0.0785 e. The Morgan fingerprint density at radius 1 is 1.32 bits per heavy atom. The van der Waals surface area contributed by atoms with E-state index in [0.717, 1.165) is 11.1 Å². The van der Waals surface area contributed by atoms with E-state index in [0.29, 0.717) is 26.2 Å². The monoisotopic (exact) mass is 262 g/mol. The maximum atomic E-state index is 8.73. The van der Waals surface area contributed by atoms with E-state index in [9.17, 15) is 0 Å². The molecule has 0 saturated heterocycles. The van der Waals surface area contributed by atoms with Crippen LogP contribution < -0.4 is 0 Å². The zero-order valence-corrected chi connectivity index (χ0v) is 11.7. The van der Waals surface area contributed by atoms with Crippen LogP contribution >= 0.6 is 0 Å². The summed E-state index contributed by atoms with van der Waals surface area (Å²) in [5.41, 5.74) is 2.02. The first-order chi connectivity index (χ1) is 9.27. The lowest BCUT2D eigenvalue weighted by Crippen LogP contribution is -2.16. The van der Waals surface area contributed by atoms with Crippen LogP contribution in [0.3, 0.4) is 0 Å². The molecule has 1 rings (SSSR count). The Kier molecular flexibility index (Phi) is 7.92. The van der Waals surface area contributed by atoms with E-state index < -0.39 is 0 Å². The first-order valence-corrected chi connectivity index (χ1v) is 6.65. The zero-order valence-electron chi connectivity index (χ0n) is 11.7. The third-order valence-corrected chi connectivity index (χ3v) is 2.56. The van der Waals surface area contributed by atoms with Crippen molar-refractivity contribution >= 4 is 0 Å². The molecule has 0 spiro atoms. The predicted molar refractivity (Wildman–Crippen MR) is 75.8 cm³/mol. The van der Waals surface area contributed by atoms with Gasteiger partial charge in [0.15, 0.2) is 0 Å². The summed E-state index contributed by atoms with van der Waals surface area (Å²) >= 11 is 0. The molecule has 0 bridgehead atoms. The number of aliphatic hydroxyl groups excluding tert-OH is 1. The van der Waals surface area contributed by atoms with E-state index >= 15 is 0 Å². The molecule has 0 fully saturated rings. The molecule has 1 atom stereocenters. The molecule has 1 aromatic rings. The molecule has 0 aliphatic rings. The van der Waals surface area contributed by atoms with Gasteiger partial charge in [-0.15, -0.1) is 0 Å². The molecule has 3 nitrogen and oxygen atoms in total. The van der Waals surface area contributed by atoms with Gasteiger partial charge in [0, 0.05) is 18.6 Å². The highest BCUT2D eigenvalue weighted by Crippen LogP contribution is 2.10. The Bertz CT molecular complexity index is 417. The van der Waals surface area contributed by atoms with Gasteiger partial charge in [-0.3, -0.25) is 0 Å². The van der Waals surface area contributed by atoms with Crippen molar-refractivity contribution < 1.29 is 14.6 Å². The molecular formula is C16H22O3. The van der Waals surface area contributed by atoms with Crippen LogP contribution in [-0.2, 0) is 16.1 Å². The van der Waals surface area contributed by atoms with Crippen LogP contribution in [-0.4, -0.2) is 31.0 Å². The largest absolute Gasteiger partial charge is 0.395 e. The number of hydrogen-bond acceptors (Lipinski definition) is 3. The van der Waals surface area contributed by atoms with E-state index in [4.69, 9.17) is 14.6 Å². The van der Waals surface area contributed by atoms with Gasteiger partial charge in [0.25, 0.3) is 0 Å². The maximum Gasteiger partial charge on any atom is 0.0785 e. The Balaban J connectivity index is 2.56. The Morgan fingerprint density at radius 3 is 2.84 bits per heavy atom. The number of ether oxygens (including phenoxy) is 2. The summed E-state index contributed by atoms with van der Waals surface area (Å²) in [5.74, 6) is 5.99. The van der Waals surface area contributed by atoms with E-state index in [2.05, 4.69) is 11.8 Å². The first-order valence-electron chi connectivity index (χ1n) is 6.65. The second-order valence-electron chi connectivity index (χ2n) is 4.21. The lowest BCUT2D eigenvalue weighted by Gasteiger charge is -2.13. The summed E-state index contributed by atoms with van der Waals surface area (Å²) in [6.07, 6.45) is 0.564. The molecule has 1 aromatic carbocycles. The first kappa shape index (κ1) is 15.7. The lowest BCUT2D eigenvalue weighted by molar-refractivity contribution is -0.0117. The topological polar surface area (TPSA) is 38.7 Å². The molecule has 0 radical (unpaired) electrons. The summed E-state index contributed by atoms with van der Waals surface area (Å²) in [6, 6.07) is 7.91. The van der Waals surface area contributed by atoms with Gasteiger partial charge < -0.3 is 14.6 Å². The quantitative estimate of drug-likeness (QED) is 0.767. The second-order valence-corrected chi connectivity index (χ2v) is 4.21. The molecule has 19 heavy (non-hydrogen) atoms. The van der Waals surface area contributed by atoms with E-state index in [1.165, 1.54) is 0 Å². The fraction of sp³-hybridized carbons (Fsp3) is 0.500. The minimum atomic E-state index is 0.0680. The molecule has 0 aliphatic carbocycles. The standard InChI is InChI=1S/C16H22O3/c1-3-18-12-14(2)19-13-16-10-5-4-8-15(16)9-6-7-11-17/h4-5,8,10,14,17H,3,7,11-13H2,1-2H3. The molecule has 0 saturated carbocycles. The third-order valence-electron chi connectivity index (χ3n) is 2.56. The normalized spacial score (nSPS) is 11.7. The van der Waals surface area contributed by atoms with Crippen molar-refractivity contribution in [3.8, 4) is 11.8 Å². The summed E-state index contributed by atoms with van der Waals surface area (Å²) in [7, 11) is 0. The average Bonchev–Trinajstić information content (AvgIpc) is 2.44. The summed E-state index contributed by atoms with van der Waals surface area (Å²) in [4.78, 5) is 0. The molecule has 0 aliphatic heterocycles. The molecule has 1 unspecified atom stereocenters. The molecule has 1 N–H and O–H groups in total. The van der Waals surface area contributed by atoms with Crippen molar-refractivity contribution in [2.45, 2.75) is 33.0 Å². The van der Waals surface area contributed by atoms with Crippen molar-refractivity contribution in [3.63, 3.8) is 0 Å². The summed E-state index contributed by atoms with van der Waals surface area (Å²) in [6.45, 7) is 5.90. The van der Waals surface area contributed by atoms with Gasteiger partial charge in [0.1, 0.15) is 0 Å². The van der Waals surface area contributed by atoms with Crippen LogP contribution in [0.15, 0.2) is 24.3 Å². The van der Waals surface area contributed by atoms with Crippen molar-refractivity contribution in [3.05, 3.63) is 35.4 Å². The SMILES string of the molecule is CCOCC(C)OCc1ccccc1C#CCCO. The number of benzene rings is 1. The van der Waals surface area contributed by atoms with Gasteiger partial charge in [0.2, 0.25) is 0 Å². The molecule has 0 aromatic heterocycles. The Morgan fingerprint density at radius 2 is 2.11 bits per heavy atom. The number of rotatable bonds is 7. The van der Waals surface area contributed by atoms with Gasteiger partial charge in [0.05, 0.1) is 25.9 Å². The molecule has 0 amide bonds. The highest BCUT2D eigenvalue weighted by atomic mass is 16.5. The van der Waals surface area contributed by atoms with Crippen LogP contribution in [0.5, 0.6) is 0 Å². The lowest BCUT2D eigenvalue weighted by atomic mass is 10.1. The number of aliphatic hydroxyl groups is 1. The highest BCUT2D eigenvalue weighted by Gasteiger charge is 2.04. The molecular weight excluding hydrogens is 240 g/mol. The van der Waals surface area contributed by atoms with E-state index in [1.54, 1.807) is 0 Å². The minimum absolute atomic E-state index is 0.0680. The van der Waals surface area contributed by atoms with Gasteiger partial charge in [-0.25, -0.2) is 0 Å². The van der Waals surface area contributed by atoms with Gasteiger partial charge >= 0.3 is 0 Å². The van der Waals surface area contributed by atoms with E-state index in [1.807, 2.05) is 38.1 Å². The number of hydrogen-bond donors (Lipinski definition) is 1. The fourth-order valence-corrected chi connectivity index (χ4v) is 1.55. The Hall–Kier alpha value is -1.34. The van der Waals surface area contributed by atoms with Gasteiger partial charge in [-0.2, -0.15) is 0 Å². The predicted octanol–water partition coefficient (Wildman–Crippen LogP) is 2.36.